The Kier molecular flexibility index (Phi) is 8.66. The first-order chi connectivity index (χ1) is 17.2. The molecule has 0 spiro atoms. The van der Waals surface area contributed by atoms with Crippen LogP contribution in [0.1, 0.15) is 61.6 Å². The van der Waals surface area contributed by atoms with E-state index in [4.69, 9.17) is 9.16 Å². The number of aliphatic hydroxyl groups is 3. The Balaban J connectivity index is 1.98. The number of nitrogens with one attached hydrogen (secondary N) is 2. The summed E-state index contributed by atoms with van der Waals surface area (Å²) < 4.78 is 14.1. The minimum atomic E-state index is -2.38. The second-order valence-electron chi connectivity index (χ2n) is 11.2. The minimum absolute atomic E-state index is 0.0311. The van der Waals surface area contributed by atoms with Gasteiger partial charge in [-0.25, -0.2) is 4.98 Å². The van der Waals surface area contributed by atoms with Gasteiger partial charge in [-0.1, -0.05) is 55.4 Å². The number of carbonyl (C=O) groups is 1. The molecule has 13 heteroatoms. The van der Waals surface area contributed by atoms with Crippen molar-refractivity contribution >= 4 is 31.3 Å². The van der Waals surface area contributed by atoms with Crippen LogP contribution in [0.15, 0.2) is 11.1 Å². The lowest BCUT2D eigenvalue weighted by molar-refractivity contribution is -0.146. The molecular formula is C24H41N5O7Si. The second kappa shape index (κ2) is 10.9. The molecule has 3 heterocycles. The number of aliphatic hydroxyl groups excluding tert-OH is 3. The highest BCUT2D eigenvalue weighted by molar-refractivity contribution is 6.77. The molecule has 0 radical (unpaired) electrons. The molecule has 1 fully saturated rings. The fourth-order valence-electron chi connectivity index (χ4n) is 5.54. The van der Waals surface area contributed by atoms with Gasteiger partial charge in [-0.2, -0.15) is 4.98 Å². The Bertz CT molecular complexity index is 1140. The number of carbonyl (C=O) groups excluding carboxylic acids is 1. The van der Waals surface area contributed by atoms with Crippen molar-refractivity contribution in [2.45, 2.75) is 96.1 Å². The number of fused-ring (bicyclic) bond motifs is 1. The van der Waals surface area contributed by atoms with Gasteiger partial charge in [0.2, 0.25) is 11.9 Å². The largest absolute Gasteiger partial charge is 0.413 e. The van der Waals surface area contributed by atoms with E-state index in [1.807, 2.05) is 0 Å². The monoisotopic (exact) mass is 539 g/mol. The number of hydrogen-bond acceptors (Lipinski definition) is 9. The van der Waals surface area contributed by atoms with Crippen molar-refractivity contribution in [3.05, 3.63) is 16.7 Å². The summed E-state index contributed by atoms with van der Waals surface area (Å²) in [6.45, 7) is 15.4. The van der Waals surface area contributed by atoms with E-state index < -0.39 is 44.5 Å². The predicted octanol–water partition coefficient (Wildman–Crippen LogP) is 1.89. The van der Waals surface area contributed by atoms with Crippen LogP contribution in [0.5, 0.6) is 0 Å². The van der Waals surface area contributed by atoms with Crippen LogP contribution in [0.3, 0.4) is 0 Å². The van der Waals surface area contributed by atoms with Crippen LogP contribution < -0.4 is 10.9 Å². The van der Waals surface area contributed by atoms with E-state index in [9.17, 15) is 24.9 Å². The second-order valence-corrected chi connectivity index (χ2v) is 16.6. The highest BCUT2D eigenvalue weighted by atomic mass is 28.4. The smallest absolute Gasteiger partial charge is 0.280 e. The number of imidazole rings is 1. The fraction of sp³-hybridized carbons (Fsp3) is 0.750. The van der Waals surface area contributed by atoms with Gasteiger partial charge in [0, 0.05) is 5.92 Å². The SMILES string of the molecule is CC(C)C(=O)Nc1nc2c(ncn2[C@@H]2O[C@@](CO)(CO[Si](C(C)C)(C(C)C)C(C)C)[C@@H](O)[C@H]2O)c(=O)[nH]1. The topological polar surface area (TPSA) is 172 Å². The zero-order valence-electron chi connectivity index (χ0n) is 22.8. The van der Waals surface area contributed by atoms with E-state index >= 15 is 0 Å². The van der Waals surface area contributed by atoms with Crippen LogP contribution in [-0.2, 0) is 14.0 Å². The molecule has 37 heavy (non-hydrogen) atoms. The molecule has 2 aromatic heterocycles. The zero-order chi connectivity index (χ0) is 27.9. The first kappa shape index (κ1) is 29.4. The maximum atomic E-state index is 12.6. The molecule has 0 unspecified atom stereocenters. The average molecular weight is 540 g/mol. The molecule has 0 saturated carbocycles. The number of anilines is 1. The third-order valence-electron chi connectivity index (χ3n) is 7.52. The van der Waals surface area contributed by atoms with Gasteiger partial charge >= 0.3 is 0 Å². The Morgan fingerprint density at radius 1 is 1.19 bits per heavy atom. The fourth-order valence-corrected chi connectivity index (χ4v) is 11.0. The van der Waals surface area contributed by atoms with Crippen LogP contribution in [0, 0.1) is 5.92 Å². The standard InChI is InChI=1S/C24H41N5O7Si/c1-12(2)20(33)27-23-26-19-16(21(34)28-23)25-11-29(19)22-17(31)18(32)24(9-30,36-22)10-35-37(13(3)4,14(5)6)15(7)8/h11-15,17-18,22,30-32H,9-10H2,1-8H3,(H2,26,27,28,33,34)/t17-,18+,22-,24+/m1/s1. The third-order valence-corrected chi connectivity index (χ3v) is 13.6. The van der Waals surface area contributed by atoms with Crippen molar-refractivity contribution in [2.75, 3.05) is 18.5 Å². The summed E-state index contributed by atoms with van der Waals surface area (Å²) in [5.74, 6) is -0.764. The maximum absolute atomic E-state index is 12.6. The summed E-state index contributed by atoms with van der Waals surface area (Å²) in [7, 11) is -2.38. The minimum Gasteiger partial charge on any atom is -0.413 e. The van der Waals surface area contributed by atoms with Crippen molar-refractivity contribution in [2.24, 2.45) is 5.92 Å². The quantitative estimate of drug-likeness (QED) is 0.283. The van der Waals surface area contributed by atoms with Gasteiger partial charge in [0.15, 0.2) is 25.7 Å². The zero-order valence-corrected chi connectivity index (χ0v) is 23.8. The van der Waals surface area contributed by atoms with E-state index in [-0.39, 0.29) is 52.2 Å². The maximum Gasteiger partial charge on any atom is 0.280 e. The van der Waals surface area contributed by atoms with Gasteiger partial charge < -0.3 is 24.5 Å². The van der Waals surface area contributed by atoms with Crippen LogP contribution in [0.4, 0.5) is 5.95 Å². The lowest BCUT2D eigenvalue weighted by Crippen LogP contribution is -2.56. The van der Waals surface area contributed by atoms with E-state index in [1.54, 1.807) is 13.8 Å². The summed E-state index contributed by atoms with van der Waals surface area (Å²) in [5.41, 5.74) is -1.40. The van der Waals surface area contributed by atoms with Gasteiger partial charge in [0.05, 0.1) is 19.5 Å². The van der Waals surface area contributed by atoms with Crippen molar-refractivity contribution in [1.82, 2.24) is 19.5 Å². The first-order valence-corrected chi connectivity index (χ1v) is 14.9. The van der Waals surface area contributed by atoms with Gasteiger partial charge in [-0.15, -0.1) is 0 Å². The molecule has 12 nitrogen and oxygen atoms in total. The number of nitrogens with zero attached hydrogens (tertiary/aromatic N) is 3. The number of aromatic nitrogens is 4. The lowest BCUT2D eigenvalue weighted by Gasteiger charge is -2.44. The molecule has 1 saturated heterocycles. The van der Waals surface area contributed by atoms with Crippen molar-refractivity contribution in [3.8, 4) is 0 Å². The first-order valence-electron chi connectivity index (χ1n) is 12.8. The Morgan fingerprint density at radius 2 is 1.78 bits per heavy atom. The Hall–Kier alpha value is -2.16. The average Bonchev–Trinajstić information content (AvgIpc) is 3.33. The van der Waals surface area contributed by atoms with Crippen LogP contribution in [0.25, 0.3) is 11.2 Å². The van der Waals surface area contributed by atoms with Crippen LogP contribution >= 0.6 is 0 Å². The highest BCUT2D eigenvalue weighted by Gasteiger charge is 2.57. The van der Waals surface area contributed by atoms with Crippen LogP contribution in [-0.4, -0.2) is 80.1 Å². The molecule has 2 aromatic rings. The van der Waals surface area contributed by atoms with E-state index in [1.165, 1.54) is 10.9 Å². The molecule has 1 amide bonds. The molecule has 0 aliphatic carbocycles. The van der Waals surface area contributed by atoms with Crippen molar-refractivity contribution < 1.29 is 29.3 Å². The van der Waals surface area contributed by atoms with Crippen molar-refractivity contribution in [1.29, 1.82) is 0 Å². The third kappa shape index (κ3) is 5.12. The number of rotatable bonds is 10. The molecule has 208 valence electrons. The Labute approximate surface area is 217 Å². The molecule has 3 rings (SSSR count). The molecule has 0 bridgehead atoms. The summed E-state index contributed by atoms with van der Waals surface area (Å²) in [6.07, 6.45) is -2.91. The summed E-state index contributed by atoms with van der Waals surface area (Å²) >= 11 is 0. The summed E-state index contributed by atoms with van der Waals surface area (Å²) in [5, 5.41) is 35.0. The number of amides is 1. The summed E-state index contributed by atoms with van der Waals surface area (Å²) in [4.78, 5) is 35.6. The normalized spacial score (nSPS) is 24.8. The molecule has 5 N–H and O–H groups in total. The van der Waals surface area contributed by atoms with Gasteiger partial charge in [0.1, 0.15) is 17.8 Å². The number of hydrogen-bond donors (Lipinski definition) is 5. The predicted molar refractivity (Wildman–Crippen MR) is 141 cm³/mol. The molecule has 0 aromatic carbocycles. The van der Waals surface area contributed by atoms with Gasteiger partial charge in [-0.05, 0) is 16.6 Å². The summed E-state index contributed by atoms with van der Waals surface area (Å²) in [6, 6.07) is 0. The Morgan fingerprint density at radius 3 is 2.30 bits per heavy atom. The van der Waals surface area contributed by atoms with E-state index in [0.717, 1.165) is 0 Å². The number of ether oxygens (including phenoxy) is 1. The van der Waals surface area contributed by atoms with Crippen molar-refractivity contribution in [3.63, 3.8) is 0 Å². The van der Waals surface area contributed by atoms with Gasteiger partial charge in [0.25, 0.3) is 5.56 Å². The van der Waals surface area contributed by atoms with E-state index in [2.05, 4.69) is 61.8 Å². The number of aromatic amines is 1. The lowest BCUT2D eigenvalue weighted by atomic mass is 9.97. The van der Waals surface area contributed by atoms with Gasteiger partial charge in [-0.3, -0.25) is 24.5 Å². The molecular weight excluding hydrogens is 498 g/mol. The molecule has 4 atom stereocenters. The van der Waals surface area contributed by atoms with E-state index in [0.29, 0.717) is 0 Å². The molecule has 1 aliphatic heterocycles. The number of H-pyrrole nitrogens is 1. The highest BCUT2D eigenvalue weighted by Crippen LogP contribution is 2.45. The molecule has 1 aliphatic rings. The van der Waals surface area contributed by atoms with Crippen LogP contribution in [0.2, 0.25) is 16.6 Å².